The third-order valence-electron chi connectivity index (χ3n) is 3.51. The number of aliphatic imine (C=N–C) groups is 1. The zero-order valence-corrected chi connectivity index (χ0v) is 12.2. The first-order valence-corrected chi connectivity index (χ1v) is 6.31. The van der Waals surface area contributed by atoms with Gasteiger partial charge in [0, 0.05) is 0 Å². The van der Waals surface area contributed by atoms with Crippen molar-refractivity contribution >= 4 is 11.6 Å². The SMILES string of the molecule is CC1(C)N=C(C(=O)NC(CO)(CO)CO)C(C)(C)N1O. The van der Waals surface area contributed by atoms with Crippen LogP contribution in [0.25, 0.3) is 0 Å². The molecule has 0 atom stereocenters. The molecule has 5 N–H and O–H groups in total. The van der Waals surface area contributed by atoms with Crippen LogP contribution in [0.5, 0.6) is 0 Å². The van der Waals surface area contributed by atoms with Gasteiger partial charge in [-0.15, -0.1) is 0 Å². The lowest BCUT2D eigenvalue weighted by Gasteiger charge is -2.34. The van der Waals surface area contributed by atoms with Crippen molar-refractivity contribution in [1.29, 1.82) is 0 Å². The summed E-state index contributed by atoms with van der Waals surface area (Å²) in [6, 6.07) is 0. The van der Waals surface area contributed by atoms with E-state index < -0.39 is 42.5 Å². The molecule has 1 amide bonds. The number of hydrogen-bond acceptors (Lipinski definition) is 7. The first kappa shape index (κ1) is 17.0. The van der Waals surface area contributed by atoms with E-state index in [0.29, 0.717) is 0 Å². The Morgan fingerprint density at radius 2 is 1.65 bits per heavy atom. The second kappa shape index (κ2) is 5.38. The predicted molar refractivity (Wildman–Crippen MR) is 71.3 cm³/mol. The number of aliphatic hydroxyl groups is 3. The van der Waals surface area contributed by atoms with E-state index in [2.05, 4.69) is 10.3 Å². The molecule has 0 aromatic rings. The Morgan fingerprint density at radius 3 is 1.95 bits per heavy atom. The Hall–Kier alpha value is -1.06. The maximum absolute atomic E-state index is 12.3. The third-order valence-corrected chi connectivity index (χ3v) is 3.51. The maximum Gasteiger partial charge on any atom is 0.267 e. The van der Waals surface area contributed by atoms with Gasteiger partial charge in [-0.05, 0) is 27.7 Å². The van der Waals surface area contributed by atoms with E-state index in [9.17, 15) is 25.3 Å². The maximum atomic E-state index is 12.3. The molecular weight excluding hydrogens is 266 g/mol. The number of hydrogen-bond donors (Lipinski definition) is 5. The number of nitrogens with one attached hydrogen (secondary N) is 1. The van der Waals surface area contributed by atoms with Crippen LogP contribution < -0.4 is 5.32 Å². The summed E-state index contributed by atoms with van der Waals surface area (Å²) >= 11 is 0. The Kier molecular flexibility index (Phi) is 4.57. The Morgan fingerprint density at radius 1 is 1.20 bits per heavy atom. The second-order valence-corrected chi connectivity index (χ2v) is 6.03. The summed E-state index contributed by atoms with van der Waals surface area (Å²) in [4.78, 5) is 16.5. The van der Waals surface area contributed by atoms with Crippen LogP contribution in [0.1, 0.15) is 27.7 Å². The van der Waals surface area contributed by atoms with Gasteiger partial charge in [0.15, 0.2) is 0 Å². The molecule has 0 saturated carbocycles. The van der Waals surface area contributed by atoms with E-state index >= 15 is 0 Å². The molecule has 0 aromatic heterocycles. The lowest BCUT2D eigenvalue weighted by molar-refractivity contribution is -0.188. The minimum Gasteiger partial charge on any atom is -0.394 e. The minimum atomic E-state index is -1.53. The highest BCUT2D eigenvalue weighted by atomic mass is 16.5. The molecule has 0 bridgehead atoms. The topological polar surface area (TPSA) is 126 Å². The highest BCUT2D eigenvalue weighted by Gasteiger charge is 2.50. The van der Waals surface area contributed by atoms with Gasteiger partial charge in [-0.3, -0.25) is 9.79 Å². The summed E-state index contributed by atoms with van der Waals surface area (Å²) < 4.78 is 0. The van der Waals surface area contributed by atoms with Crippen LogP contribution >= 0.6 is 0 Å². The van der Waals surface area contributed by atoms with Crippen molar-refractivity contribution < 1.29 is 25.3 Å². The smallest absolute Gasteiger partial charge is 0.267 e. The van der Waals surface area contributed by atoms with Gasteiger partial charge in [-0.25, -0.2) is 0 Å². The quantitative estimate of drug-likeness (QED) is 0.418. The molecular formula is C12H23N3O5. The highest BCUT2D eigenvalue weighted by Crippen LogP contribution is 2.33. The first-order chi connectivity index (χ1) is 9.06. The van der Waals surface area contributed by atoms with Crippen molar-refractivity contribution in [2.75, 3.05) is 19.8 Å². The van der Waals surface area contributed by atoms with Crippen LogP contribution in [0, 0.1) is 0 Å². The molecule has 1 rings (SSSR count). The Balaban J connectivity index is 3.04. The summed E-state index contributed by atoms with van der Waals surface area (Å²) in [6.07, 6.45) is 0. The molecule has 20 heavy (non-hydrogen) atoms. The summed E-state index contributed by atoms with van der Waals surface area (Å²) in [6.45, 7) is 4.68. The van der Waals surface area contributed by atoms with Crippen molar-refractivity contribution in [3.05, 3.63) is 0 Å². The van der Waals surface area contributed by atoms with E-state index in [0.717, 1.165) is 5.06 Å². The molecule has 0 radical (unpaired) electrons. The second-order valence-electron chi connectivity index (χ2n) is 6.03. The van der Waals surface area contributed by atoms with Gasteiger partial charge in [0.2, 0.25) is 0 Å². The highest BCUT2D eigenvalue weighted by molar-refractivity contribution is 6.42. The molecule has 0 fully saturated rings. The fourth-order valence-corrected chi connectivity index (χ4v) is 2.14. The molecule has 1 heterocycles. The molecule has 1 aliphatic rings. The van der Waals surface area contributed by atoms with Crippen molar-refractivity contribution in [1.82, 2.24) is 10.4 Å². The zero-order chi connectivity index (χ0) is 15.8. The fourth-order valence-electron chi connectivity index (χ4n) is 2.14. The number of amides is 1. The van der Waals surface area contributed by atoms with Crippen molar-refractivity contribution in [2.24, 2.45) is 4.99 Å². The molecule has 8 nitrogen and oxygen atoms in total. The fraction of sp³-hybridized carbons (Fsp3) is 0.833. The van der Waals surface area contributed by atoms with E-state index in [4.69, 9.17) is 0 Å². The van der Waals surface area contributed by atoms with Gasteiger partial charge >= 0.3 is 0 Å². The zero-order valence-electron chi connectivity index (χ0n) is 12.2. The van der Waals surface area contributed by atoms with Crippen LogP contribution in [0.15, 0.2) is 4.99 Å². The third kappa shape index (κ3) is 2.70. The number of nitrogens with zero attached hydrogens (tertiary/aromatic N) is 2. The van der Waals surface area contributed by atoms with Crippen LogP contribution in [0.3, 0.4) is 0 Å². The van der Waals surface area contributed by atoms with Gasteiger partial charge in [0.25, 0.3) is 5.91 Å². The average molecular weight is 289 g/mol. The molecule has 1 aliphatic heterocycles. The standard InChI is InChI=1S/C12H23N3O5/c1-10(2)8(13-11(3,4)15(10)20)9(19)14-12(5-16,6-17)7-18/h16-18,20H,5-7H2,1-4H3,(H,14,19). The van der Waals surface area contributed by atoms with Crippen LogP contribution in [-0.4, -0.2) is 73.8 Å². The van der Waals surface area contributed by atoms with Crippen LogP contribution in [0.4, 0.5) is 0 Å². The lowest BCUT2D eigenvalue weighted by atomic mass is 9.96. The van der Waals surface area contributed by atoms with Crippen LogP contribution in [0.2, 0.25) is 0 Å². The summed E-state index contributed by atoms with van der Waals surface area (Å²) in [5.41, 5.74) is -3.46. The van der Waals surface area contributed by atoms with E-state index in [1.807, 2.05) is 0 Å². The number of rotatable bonds is 5. The summed E-state index contributed by atoms with van der Waals surface area (Å²) in [7, 11) is 0. The van der Waals surface area contributed by atoms with E-state index in [-0.39, 0.29) is 5.71 Å². The summed E-state index contributed by atoms with van der Waals surface area (Å²) in [5.74, 6) is -0.656. The number of carbonyl (C=O) groups is 1. The number of aliphatic hydroxyl groups excluding tert-OH is 3. The van der Waals surface area contributed by atoms with Crippen molar-refractivity contribution in [3.8, 4) is 0 Å². The monoisotopic (exact) mass is 289 g/mol. The number of carbonyl (C=O) groups excluding carboxylic acids is 1. The molecule has 0 saturated heterocycles. The lowest BCUT2D eigenvalue weighted by Crippen LogP contribution is -2.61. The molecule has 0 spiro atoms. The van der Waals surface area contributed by atoms with Gasteiger partial charge in [-0.2, -0.15) is 5.06 Å². The van der Waals surface area contributed by atoms with E-state index in [1.54, 1.807) is 27.7 Å². The van der Waals surface area contributed by atoms with Gasteiger partial charge in [0.1, 0.15) is 16.9 Å². The molecule has 0 aromatic carbocycles. The Bertz CT molecular complexity index is 407. The van der Waals surface area contributed by atoms with Crippen molar-refractivity contribution in [3.63, 3.8) is 0 Å². The van der Waals surface area contributed by atoms with Gasteiger partial charge in [0.05, 0.1) is 25.4 Å². The van der Waals surface area contributed by atoms with Gasteiger partial charge < -0.3 is 25.8 Å². The molecule has 0 unspecified atom stereocenters. The number of hydroxylamine groups is 2. The van der Waals surface area contributed by atoms with Crippen LogP contribution in [-0.2, 0) is 4.79 Å². The average Bonchev–Trinajstić information content (AvgIpc) is 2.56. The molecule has 116 valence electrons. The van der Waals surface area contributed by atoms with Gasteiger partial charge in [-0.1, -0.05) is 0 Å². The first-order valence-electron chi connectivity index (χ1n) is 6.31. The predicted octanol–water partition coefficient (Wildman–Crippen LogP) is -1.52. The van der Waals surface area contributed by atoms with E-state index in [1.165, 1.54) is 0 Å². The summed E-state index contributed by atoms with van der Waals surface area (Å²) in [5, 5.41) is 41.1. The normalized spacial score (nSPS) is 21.7. The Labute approximate surface area is 117 Å². The minimum absolute atomic E-state index is 0.0599. The molecule has 8 heteroatoms. The molecule has 0 aliphatic carbocycles. The largest absolute Gasteiger partial charge is 0.394 e. The van der Waals surface area contributed by atoms with Crippen molar-refractivity contribution in [2.45, 2.75) is 44.4 Å².